The topological polar surface area (TPSA) is 77.1 Å². The molecule has 140 valence electrons. The van der Waals surface area contributed by atoms with Crippen LogP contribution in [0.3, 0.4) is 0 Å². The van der Waals surface area contributed by atoms with Crippen LogP contribution in [0.25, 0.3) is 0 Å². The second-order valence-electron chi connectivity index (χ2n) is 7.12. The largest absolute Gasteiger partial charge is 0.482 e. The fourth-order valence-corrected chi connectivity index (χ4v) is 4.18. The molecule has 1 aromatic rings. The van der Waals surface area contributed by atoms with Crippen LogP contribution in [0.2, 0.25) is 0 Å². The highest BCUT2D eigenvalue weighted by atomic mass is 16.5. The number of nitrogens with one attached hydrogen (secondary N) is 1. The Morgan fingerprint density at radius 1 is 1.35 bits per heavy atom. The molecule has 2 amide bonds. The number of ether oxygens (including phenoxy) is 3. The van der Waals surface area contributed by atoms with Gasteiger partial charge < -0.3 is 24.4 Å². The first-order valence-electron chi connectivity index (χ1n) is 9.14. The number of hydrogen-bond donors (Lipinski definition) is 1. The van der Waals surface area contributed by atoms with Crippen molar-refractivity contribution < 1.29 is 23.8 Å². The van der Waals surface area contributed by atoms with Gasteiger partial charge in [-0.3, -0.25) is 9.59 Å². The van der Waals surface area contributed by atoms with Gasteiger partial charge in [0.25, 0.3) is 11.8 Å². The number of methoxy groups -OCH3 is 1. The van der Waals surface area contributed by atoms with Crippen molar-refractivity contribution in [1.82, 2.24) is 4.90 Å². The number of rotatable bonds is 2. The van der Waals surface area contributed by atoms with Crippen molar-refractivity contribution in [3.8, 4) is 5.75 Å². The van der Waals surface area contributed by atoms with Crippen molar-refractivity contribution >= 4 is 17.5 Å². The summed E-state index contributed by atoms with van der Waals surface area (Å²) in [5.41, 5.74) is 0.921. The van der Waals surface area contributed by atoms with E-state index >= 15 is 0 Å². The van der Waals surface area contributed by atoms with Gasteiger partial charge in [0.05, 0.1) is 17.4 Å². The first-order chi connectivity index (χ1) is 12.6. The standard InChI is InChI=1S/C19H24N2O5/c1-24-16-3-2-10-26-19(16)6-8-21(9-7-19)18(23)13-4-5-14-15(11-13)25-12-17(22)20-14/h4-5,11,16H,2-3,6-10,12H2,1H3,(H,20,22). The average molecular weight is 360 g/mol. The fourth-order valence-electron chi connectivity index (χ4n) is 4.18. The lowest BCUT2D eigenvalue weighted by molar-refractivity contribution is -0.183. The lowest BCUT2D eigenvalue weighted by Gasteiger charge is -2.48. The molecule has 7 nitrogen and oxygen atoms in total. The minimum atomic E-state index is -0.257. The van der Waals surface area contributed by atoms with Gasteiger partial charge in [0.2, 0.25) is 0 Å². The zero-order chi connectivity index (χ0) is 18.1. The first-order valence-corrected chi connectivity index (χ1v) is 9.14. The maximum atomic E-state index is 12.9. The third kappa shape index (κ3) is 3.05. The quantitative estimate of drug-likeness (QED) is 0.871. The van der Waals surface area contributed by atoms with Gasteiger partial charge in [-0.05, 0) is 43.9 Å². The first kappa shape index (κ1) is 17.3. The van der Waals surface area contributed by atoms with E-state index in [9.17, 15) is 9.59 Å². The number of amides is 2. The molecule has 1 atom stereocenters. The number of benzene rings is 1. The monoisotopic (exact) mass is 360 g/mol. The summed E-state index contributed by atoms with van der Waals surface area (Å²) >= 11 is 0. The van der Waals surface area contributed by atoms with Crippen LogP contribution in [0, 0.1) is 0 Å². The Kier molecular flexibility index (Phi) is 4.58. The van der Waals surface area contributed by atoms with Gasteiger partial charge in [0.15, 0.2) is 6.61 Å². The van der Waals surface area contributed by atoms with Crippen LogP contribution in [-0.4, -0.2) is 61.8 Å². The molecule has 3 aliphatic rings. The van der Waals surface area contributed by atoms with Gasteiger partial charge in [-0.15, -0.1) is 0 Å². The summed E-state index contributed by atoms with van der Waals surface area (Å²) in [6.45, 7) is 2.04. The maximum Gasteiger partial charge on any atom is 0.262 e. The van der Waals surface area contributed by atoms with E-state index < -0.39 is 0 Å². The smallest absolute Gasteiger partial charge is 0.262 e. The predicted molar refractivity (Wildman–Crippen MR) is 94.4 cm³/mol. The van der Waals surface area contributed by atoms with Gasteiger partial charge in [-0.2, -0.15) is 0 Å². The van der Waals surface area contributed by atoms with Crippen LogP contribution < -0.4 is 10.1 Å². The Morgan fingerprint density at radius 3 is 2.92 bits per heavy atom. The maximum absolute atomic E-state index is 12.9. The third-order valence-corrected chi connectivity index (χ3v) is 5.63. The van der Waals surface area contributed by atoms with Gasteiger partial charge in [-0.25, -0.2) is 0 Å². The normalized spacial score (nSPS) is 24.6. The summed E-state index contributed by atoms with van der Waals surface area (Å²) in [4.78, 5) is 26.1. The number of carbonyl (C=O) groups is 2. The molecule has 1 unspecified atom stereocenters. The van der Waals surface area contributed by atoms with Crippen molar-refractivity contribution in [2.45, 2.75) is 37.4 Å². The van der Waals surface area contributed by atoms with Gasteiger partial charge in [0, 0.05) is 32.4 Å². The molecule has 0 saturated carbocycles. The van der Waals surface area contributed by atoms with Crippen LogP contribution >= 0.6 is 0 Å². The van der Waals surface area contributed by atoms with Crippen LogP contribution in [0.15, 0.2) is 18.2 Å². The number of anilines is 1. The summed E-state index contributed by atoms with van der Waals surface area (Å²) in [5, 5.41) is 2.74. The second kappa shape index (κ2) is 6.89. The van der Waals surface area contributed by atoms with Crippen LogP contribution in [-0.2, 0) is 14.3 Å². The Morgan fingerprint density at radius 2 is 2.15 bits per heavy atom. The van der Waals surface area contributed by atoms with Crippen molar-refractivity contribution in [2.75, 3.05) is 38.7 Å². The van der Waals surface area contributed by atoms with Crippen molar-refractivity contribution in [2.24, 2.45) is 0 Å². The molecule has 0 bridgehead atoms. The zero-order valence-corrected chi connectivity index (χ0v) is 15.0. The van der Waals surface area contributed by atoms with Crippen LogP contribution in [0.1, 0.15) is 36.0 Å². The highest BCUT2D eigenvalue weighted by Crippen LogP contribution is 2.37. The van der Waals surface area contributed by atoms with Gasteiger partial charge in [-0.1, -0.05) is 0 Å². The molecule has 26 heavy (non-hydrogen) atoms. The van der Waals surface area contributed by atoms with Crippen molar-refractivity contribution in [1.29, 1.82) is 0 Å². The van der Waals surface area contributed by atoms with E-state index in [2.05, 4.69) is 5.32 Å². The molecular weight excluding hydrogens is 336 g/mol. The van der Waals surface area contributed by atoms with E-state index in [0.29, 0.717) is 30.1 Å². The zero-order valence-electron chi connectivity index (χ0n) is 15.0. The molecule has 1 aromatic carbocycles. The molecule has 1 N–H and O–H groups in total. The molecule has 2 fully saturated rings. The molecular formula is C19H24N2O5. The lowest BCUT2D eigenvalue weighted by Crippen LogP contribution is -2.56. The third-order valence-electron chi connectivity index (χ3n) is 5.63. The predicted octanol–water partition coefficient (Wildman–Crippen LogP) is 1.82. The number of carbonyl (C=O) groups excluding carboxylic acids is 2. The summed E-state index contributed by atoms with van der Waals surface area (Å²) in [7, 11) is 1.74. The van der Waals surface area contributed by atoms with E-state index in [1.54, 1.807) is 25.3 Å². The Labute approximate surface area is 152 Å². The minimum Gasteiger partial charge on any atom is -0.482 e. The Hall–Kier alpha value is -2.12. The van der Waals surface area contributed by atoms with Crippen molar-refractivity contribution in [3.05, 3.63) is 23.8 Å². The van der Waals surface area contributed by atoms with Gasteiger partial charge in [0.1, 0.15) is 5.75 Å². The molecule has 3 heterocycles. The molecule has 0 aliphatic carbocycles. The fraction of sp³-hybridized carbons (Fsp3) is 0.579. The lowest BCUT2D eigenvalue weighted by atomic mass is 9.81. The number of nitrogens with zero attached hydrogens (tertiary/aromatic N) is 1. The summed E-state index contributed by atoms with van der Waals surface area (Å²) in [6, 6.07) is 5.16. The minimum absolute atomic E-state index is 0.0204. The molecule has 1 spiro atoms. The Balaban J connectivity index is 1.45. The van der Waals surface area contributed by atoms with Crippen LogP contribution in [0.4, 0.5) is 5.69 Å². The van der Waals surface area contributed by atoms with E-state index in [4.69, 9.17) is 14.2 Å². The summed E-state index contributed by atoms with van der Waals surface area (Å²) in [6.07, 6.45) is 3.71. The number of piperidine rings is 1. The van der Waals surface area contributed by atoms with E-state index in [1.807, 2.05) is 4.90 Å². The molecule has 0 radical (unpaired) electrons. The molecule has 7 heteroatoms. The number of likely N-dealkylation sites (tertiary alicyclic amines) is 1. The highest BCUT2D eigenvalue weighted by Gasteiger charge is 2.45. The molecule has 2 saturated heterocycles. The molecule has 0 aromatic heterocycles. The summed E-state index contributed by atoms with van der Waals surface area (Å²) in [5.74, 6) is 0.338. The van der Waals surface area contributed by atoms with Crippen LogP contribution in [0.5, 0.6) is 5.75 Å². The average Bonchev–Trinajstić information content (AvgIpc) is 2.68. The van der Waals surface area contributed by atoms with E-state index in [-0.39, 0.29) is 30.1 Å². The highest BCUT2D eigenvalue weighted by molar-refractivity contribution is 5.99. The Bertz CT molecular complexity index is 712. The SMILES string of the molecule is COC1CCCOC12CCN(C(=O)c1ccc3c(c1)OCC(=O)N3)CC2. The van der Waals surface area contributed by atoms with E-state index in [1.165, 1.54) is 0 Å². The van der Waals surface area contributed by atoms with Crippen molar-refractivity contribution in [3.63, 3.8) is 0 Å². The number of hydrogen-bond acceptors (Lipinski definition) is 5. The van der Waals surface area contributed by atoms with Gasteiger partial charge >= 0.3 is 0 Å². The summed E-state index contributed by atoms with van der Waals surface area (Å²) < 4.78 is 17.2. The van der Waals surface area contributed by atoms with E-state index in [0.717, 1.165) is 32.3 Å². The number of fused-ring (bicyclic) bond motifs is 1. The molecule has 4 rings (SSSR count). The second-order valence-corrected chi connectivity index (χ2v) is 7.12. The molecule has 3 aliphatic heterocycles.